The predicted molar refractivity (Wildman–Crippen MR) is 89.3 cm³/mol. The first kappa shape index (κ1) is 17.4. The van der Waals surface area contributed by atoms with Crippen molar-refractivity contribution >= 4 is 24.4 Å². The third-order valence-corrected chi connectivity index (χ3v) is 4.73. The summed E-state index contributed by atoms with van der Waals surface area (Å²) in [5, 5.41) is 9.12. The summed E-state index contributed by atoms with van der Waals surface area (Å²) < 4.78 is 13.9. The van der Waals surface area contributed by atoms with Crippen LogP contribution in [0.1, 0.15) is 50.3 Å². The molecule has 0 aliphatic heterocycles. The van der Waals surface area contributed by atoms with Crippen LogP contribution >= 0.6 is 24.4 Å². The van der Waals surface area contributed by atoms with Crippen molar-refractivity contribution in [2.75, 3.05) is 11.5 Å². The normalized spacial score (nSPS) is 11.7. The van der Waals surface area contributed by atoms with E-state index in [1.54, 1.807) is 0 Å². The zero-order chi connectivity index (χ0) is 15.3. The molecule has 0 fully saturated rings. The number of aryl methyl sites for hydroxylation is 1. The molecule has 20 heavy (non-hydrogen) atoms. The third kappa shape index (κ3) is 5.38. The second kappa shape index (κ2) is 7.38. The molecule has 0 aliphatic rings. The molecule has 0 amide bonds. The molecule has 0 heterocycles. The van der Waals surface area contributed by atoms with Crippen LogP contribution in [0, 0.1) is 17.1 Å². The van der Waals surface area contributed by atoms with E-state index in [9.17, 15) is 4.39 Å². The van der Waals surface area contributed by atoms with Gasteiger partial charge >= 0.3 is 0 Å². The van der Waals surface area contributed by atoms with Crippen LogP contribution in [-0.2, 0) is 6.42 Å². The van der Waals surface area contributed by atoms with Crippen LogP contribution in [0.25, 0.3) is 0 Å². The molecule has 0 N–H and O–H groups in total. The van der Waals surface area contributed by atoms with Gasteiger partial charge in [-0.2, -0.15) is 29.7 Å². The van der Waals surface area contributed by atoms with E-state index >= 15 is 0 Å². The Morgan fingerprint density at radius 3 is 2.55 bits per heavy atom. The molecule has 1 nitrogen and oxygen atoms in total. The molecule has 0 aliphatic carbocycles. The van der Waals surface area contributed by atoms with Gasteiger partial charge in [0.2, 0.25) is 0 Å². The molecule has 0 saturated carbocycles. The topological polar surface area (TPSA) is 23.8 Å². The summed E-state index contributed by atoms with van der Waals surface area (Å²) in [6.07, 6.45) is 0.789. The zero-order valence-corrected chi connectivity index (χ0v) is 14.2. The Bertz CT molecular complexity index is 498. The first-order valence-corrected chi connectivity index (χ1v) is 8.37. The number of thiol groups is 1. The molecule has 4 heteroatoms. The van der Waals surface area contributed by atoms with Crippen LogP contribution in [0.15, 0.2) is 12.1 Å². The molecule has 0 bridgehead atoms. The molecule has 0 spiro atoms. The number of nitriles is 1. The lowest BCUT2D eigenvalue weighted by Gasteiger charge is -2.16. The van der Waals surface area contributed by atoms with Gasteiger partial charge in [0, 0.05) is 10.5 Å². The first-order chi connectivity index (χ1) is 9.24. The number of hydrogen-bond acceptors (Lipinski definition) is 3. The molecule has 0 unspecified atom stereocenters. The van der Waals surface area contributed by atoms with Crippen molar-refractivity contribution < 1.29 is 4.39 Å². The monoisotopic (exact) mass is 311 g/mol. The van der Waals surface area contributed by atoms with Crippen LogP contribution in [0.3, 0.4) is 0 Å². The minimum atomic E-state index is -0.274. The van der Waals surface area contributed by atoms with Crippen LogP contribution in [0.2, 0.25) is 0 Å². The third-order valence-electron chi connectivity index (χ3n) is 2.94. The van der Waals surface area contributed by atoms with Gasteiger partial charge in [-0.3, -0.25) is 0 Å². The van der Waals surface area contributed by atoms with Gasteiger partial charge < -0.3 is 0 Å². The Labute approximate surface area is 131 Å². The lowest BCUT2D eigenvalue weighted by Crippen LogP contribution is -2.14. The van der Waals surface area contributed by atoms with Crippen molar-refractivity contribution in [2.45, 2.75) is 44.8 Å². The van der Waals surface area contributed by atoms with E-state index in [1.165, 1.54) is 6.07 Å². The Morgan fingerprint density at radius 1 is 1.40 bits per heavy atom. The molecule has 1 aromatic rings. The number of hydrogen-bond donors (Lipinski definition) is 1. The average Bonchev–Trinajstić information content (AvgIpc) is 2.33. The Balaban J connectivity index is 2.78. The minimum Gasteiger partial charge on any atom is -0.207 e. The van der Waals surface area contributed by atoms with Gasteiger partial charge in [0.25, 0.3) is 0 Å². The van der Waals surface area contributed by atoms with Crippen LogP contribution in [0.4, 0.5) is 4.39 Å². The van der Waals surface area contributed by atoms with Gasteiger partial charge in [-0.25, -0.2) is 4.39 Å². The van der Waals surface area contributed by atoms with Crippen LogP contribution < -0.4 is 0 Å². The van der Waals surface area contributed by atoms with Crippen molar-refractivity contribution in [3.8, 4) is 6.07 Å². The molecule has 1 aromatic carbocycles. The summed E-state index contributed by atoms with van der Waals surface area (Å²) in [4.78, 5) is 0. The van der Waals surface area contributed by atoms with Crippen molar-refractivity contribution in [2.24, 2.45) is 0 Å². The number of benzene rings is 1. The number of nitrogens with zero attached hydrogens (tertiary/aromatic N) is 1. The van der Waals surface area contributed by atoms with Crippen molar-refractivity contribution in [1.82, 2.24) is 0 Å². The van der Waals surface area contributed by atoms with Gasteiger partial charge in [0.1, 0.15) is 5.82 Å². The van der Waals surface area contributed by atoms with E-state index in [0.29, 0.717) is 11.1 Å². The maximum Gasteiger partial charge on any atom is 0.127 e. The van der Waals surface area contributed by atoms with E-state index in [-0.39, 0.29) is 16.5 Å². The van der Waals surface area contributed by atoms with Gasteiger partial charge in [-0.05, 0) is 35.3 Å². The lowest BCUT2D eigenvalue weighted by atomic mass is 9.96. The fraction of sp³-hybridized carbons (Fsp3) is 0.562. The lowest BCUT2D eigenvalue weighted by molar-refractivity contribution is 0.596. The van der Waals surface area contributed by atoms with E-state index in [1.807, 2.05) is 31.7 Å². The Kier molecular flexibility index (Phi) is 6.42. The molecule has 110 valence electrons. The first-order valence-electron chi connectivity index (χ1n) is 6.77. The maximum absolute atomic E-state index is 13.8. The van der Waals surface area contributed by atoms with Gasteiger partial charge in [-0.15, -0.1) is 0 Å². The van der Waals surface area contributed by atoms with Crippen LogP contribution in [-0.4, -0.2) is 16.3 Å². The molecule has 0 radical (unpaired) electrons. The fourth-order valence-electron chi connectivity index (χ4n) is 1.89. The summed E-state index contributed by atoms with van der Waals surface area (Å²) in [6, 6.07) is 5.32. The summed E-state index contributed by atoms with van der Waals surface area (Å²) in [5.74, 6) is 1.73. The smallest absolute Gasteiger partial charge is 0.127 e. The SMILES string of the molecule is CC(C)c1cc(CCSCC(C)(C)S)c(C#N)cc1F. The highest BCUT2D eigenvalue weighted by Gasteiger charge is 2.14. The summed E-state index contributed by atoms with van der Waals surface area (Å²) in [7, 11) is 0. The fourth-order valence-corrected chi connectivity index (χ4v) is 3.18. The minimum absolute atomic E-state index is 0.00855. The standard InChI is InChI=1S/C16H22FNS2/c1-11(2)14-7-12(13(9-18)8-15(14)17)5-6-20-10-16(3,4)19/h7-8,11,19H,5-6,10H2,1-4H3. The maximum atomic E-state index is 13.8. The number of thioether (sulfide) groups is 1. The molecule has 1 rings (SSSR count). The van der Waals surface area contributed by atoms with Crippen molar-refractivity contribution in [3.05, 3.63) is 34.6 Å². The predicted octanol–water partition coefficient (Wildman–Crippen LogP) is 4.80. The Hall–Kier alpha value is -0.660. The summed E-state index contributed by atoms with van der Waals surface area (Å²) in [6.45, 7) is 8.09. The highest BCUT2D eigenvalue weighted by molar-refractivity contribution is 8.00. The average molecular weight is 311 g/mol. The highest BCUT2D eigenvalue weighted by Crippen LogP contribution is 2.25. The van der Waals surface area contributed by atoms with E-state index in [0.717, 1.165) is 23.5 Å². The quantitative estimate of drug-likeness (QED) is 0.602. The molecular weight excluding hydrogens is 289 g/mol. The van der Waals surface area contributed by atoms with Gasteiger partial charge in [0.15, 0.2) is 0 Å². The Morgan fingerprint density at radius 2 is 2.05 bits per heavy atom. The largest absolute Gasteiger partial charge is 0.207 e. The second-order valence-electron chi connectivity index (χ2n) is 5.91. The molecule has 0 atom stereocenters. The number of halogens is 1. The number of rotatable bonds is 6. The van der Waals surface area contributed by atoms with Gasteiger partial charge in [-0.1, -0.05) is 33.8 Å². The molecule has 0 saturated heterocycles. The van der Waals surface area contributed by atoms with E-state index < -0.39 is 0 Å². The van der Waals surface area contributed by atoms with E-state index in [4.69, 9.17) is 5.26 Å². The zero-order valence-electron chi connectivity index (χ0n) is 12.5. The van der Waals surface area contributed by atoms with Crippen molar-refractivity contribution in [3.63, 3.8) is 0 Å². The second-order valence-corrected chi connectivity index (χ2v) is 8.23. The van der Waals surface area contributed by atoms with Crippen molar-refractivity contribution in [1.29, 1.82) is 5.26 Å². The van der Waals surface area contributed by atoms with Crippen LogP contribution in [0.5, 0.6) is 0 Å². The molecular formula is C16H22FNS2. The summed E-state index contributed by atoms with van der Waals surface area (Å²) in [5.41, 5.74) is 2.10. The highest BCUT2D eigenvalue weighted by atomic mass is 32.2. The van der Waals surface area contributed by atoms with Gasteiger partial charge in [0.05, 0.1) is 11.6 Å². The molecule has 0 aromatic heterocycles. The van der Waals surface area contributed by atoms with E-state index in [2.05, 4.69) is 32.5 Å². The summed E-state index contributed by atoms with van der Waals surface area (Å²) >= 11 is 6.30.